The van der Waals surface area contributed by atoms with E-state index in [-0.39, 0.29) is 16.8 Å². The van der Waals surface area contributed by atoms with Crippen molar-refractivity contribution < 1.29 is 12.8 Å². The minimum absolute atomic E-state index is 0.183. The van der Waals surface area contributed by atoms with Gasteiger partial charge < -0.3 is 0 Å². The molecule has 0 bridgehead atoms. The molecule has 0 aromatic heterocycles. The Bertz CT molecular complexity index is 1200. The molecule has 4 rings (SSSR count). The molecule has 0 unspecified atom stereocenters. The average molecular weight is 467 g/mol. The van der Waals surface area contributed by atoms with Crippen molar-refractivity contribution in [3.05, 3.63) is 94.8 Å². The summed E-state index contributed by atoms with van der Waals surface area (Å²) in [5.41, 5.74) is 5.36. The molecule has 0 spiro atoms. The van der Waals surface area contributed by atoms with E-state index >= 15 is 0 Å². The molecule has 3 aromatic rings. The van der Waals surface area contributed by atoms with E-state index in [0.29, 0.717) is 18.5 Å². The summed E-state index contributed by atoms with van der Waals surface area (Å²) in [6, 6.07) is 19.0. The Morgan fingerprint density at radius 3 is 2.12 bits per heavy atom. The van der Waals surface area contributed by atoms with Gasteiger partial charge in [-0.3, -0.25) is 9.21 Å². The SMILES string of the molecule is Cc1ccc(S(=O)(=O)N(c2ccc(F)cc2)C2CCN(Cc3ccc(C)c(C)c3)CC2)cc1. The maximum absolute atomic E-state index is 13.7. The molecule has 1 aliphatic heterocycles. The predicted octanol–water partition coefficient (Wildman–Crippen LogP) is 5.61. The van der Waals surface area contributed by atoms with Crippen LogP contribution in [-0.4, -0.2) is 32.4 Å². The summed E-state index contributed by atoms with van der Waals surface area (Å²) < 4.78 is 42.5. The van der Waals surface area contributed by atoms with Gasteiger partial charge >= 0.3 is 0 Å². The van der Waals surface area contributed by atoms with Crippen molar-refractivity contribution in [2.45, 2.75) is 51.1 Å². The topological polar surface area (TPSA) is 40.6 Å². The first kappa shape index (κ1) is 23.5. The molecular weight excluding hydrogens is 435 g/mol. The van der Waals surface area contributed by atoms with Gasteiger partial charge in [-0.25, -0.2) is 12.8 Å². The molecule has 0 atom stereocenters. The Kier molecular flexibility index (Phi) is 6.86. The first-order valence-corrected chi connectivity index (χ1v) is 12.8. The van der Waals surface area contributed by atoms with E-state index in [0.717, 1.165) is 25.2 Å². The summed E-state index contributed by atoms with van der Waals surface area (Å²) in [6.45, 7) is 8.64. The minimum Gasteiger partial charge on any atom is -0.299 e. The summed E-state index contributed by atoms with van der Waals surface area (Å²) in [7, 11) is -3.78. The highest BCUT2D eigenvalue weighted by Gasteiger charge is 2.34. The van der Waals surface area contributed by atoms with Crippen LogP contribution in [0.5, 0.6) is 0 Å². The molecule has 0 N–H and O–H groups in total. The normalized spacial score (nSPS) is 15.5. The van der Waals surface area contributed by atoms with Crippen LogP contribution in [0.3, 0.4) is 0 Å². The van der Waals surface area contributed by atoms with Crippen molar-refractivity contribution in [2.75, 3.05) is 17.4 Å². The van der Waals surface area contributed by atoms with Crippen molar-refractivity contribution in [1.82, 2.24) is 4.90 Å². The van der Waals surface area contributed by atoms with Gasteiger partial charge in [0, 0.05) is 25.7 Å². The van der Waals surface area contributed by atoms with Gasteiger partial charge in [0.05, 0.1) is 10.6 Å². The number of aryl methyl sites for hydroxylation is 3. The fraction of sp³-hybridized carbons (Fsp3) is 0.333. The lowest BCUT2D eigenvalue weighted by molar-refractivity contribution is 0.206. The van der Waals surface area contributed by atoms with Gasteiger partial charge in [-0.2, -0.15) is 0 Å². The molecule has 33 heavy (non-hydrogen) atoms. The summed E-state index contributed by atoms with van der Waals surface area (Å²) in [4.78, 5) is 2.64. The smallest absolute Gasteiger partial charge is 0.264 e. The molecule has 6 heteroatoms. The van der Waals surface area contributed by atoms with Crippen LogP contribution in [0.4, 0.5) is 10.1 Å². The van der Waals surface area contributed by atoms with Gasteiger partial charge in [-0.05, 0) is 86.7 Å². The van der Waals surface area contributed by atoms with E-state index in [4.69, 9.17) is 0 Å². The lowest BCUT2D eigenvalue weighted by Gasteiger charge is -2.39. The van der Waals surface area contributed by atoms with Crippen molar-refractivity contribution in [2.24, 2.45) is 0 Å². The van der Waals surface area contributed by atoms with Crippen molar-refractivity contribution in [3.63, 3.8) is 0 Å². The van der Waals surface area contributed by atoms with Crippen LogP contribution in [0.15, 0.2) is 71.6 Å². The predicted molar refractivity (Wildman–Crippen MR) is 131 cm³/mol. The molecule has 1 heterocycles. The van der Waals surface area contributed by atoms with Crippen LogP contribution in [0.2, 0.25) is 0 Å². The van der Waals surface area contributed by atoms with Gasteiger partial charge in [-0.1, -0.05) is 35.9 Å². The van der Waals surface area contributed by atoms with Gasteiger partial charge in [-0.15, -0.1) is 0 Å². The fourth-order valence-electron chi connectivity index (χ4n) is 4.43. The van der Waals surface area contributed by atoms with Crippen LogP contribution < -0.4 is 4.31 Å². The monoisotopic (exact) mass is 466 g/mol. The van der Waals surface area contributed by atoms with Crippen LogP contribution >= 0.6 is 0 Å². The number of likely N-dealkylation sites (tertiary alicyclic amines) is 1. The first-order valence-electron chi connectivity index (χ1n) is 11.4. The Morgan fingerprint density at radius 1 is 0.879 bits per heavy atom. The number of anilines is 1. The highest BCUT2D eigenvalue weighted by molar-refractivity contribution is 7.92. The Morgan fingerprint density at radius 2 is 1.52 bits per heavy atom. The Hall–Kier alpha value is -2.70. The van der Waals surface area contributed by atoms with Gasteiger partial charge in [0.2, 0.25) is 0 Å². The van der Waals surface area contributed by atoms with Gasteiger partial charge in [0.15, 0.2) is 0 Å². The molecule has 174 valence electrons. The zero-order valence-electron chi connectivity index (χ0n) is 19.5. The van der Waals surface area contributed by atoms with E-state index in [1.54, 1.807) is 24.3 Å². The van der Waals surface area contributed by atoms with Crippen molar-refractivity contribution in [3.8, 4) is 0 Å². The summed E-state index contributed by atoms with van der Waals surface area (Å²) in [5, 5.41) is 0. The van der Waals surface area contributed by atoms with Crippen molar-refractivity contribution >= 4 is 15.7 Å². The van der Waals surface area contributed by atoms with E-state index in [2.05, 4.69) is 36.9 Å². The highest BCUT2D eigenvalue weighted by atomic mass is 32.2. The number of sulfonamides is 1. The standard InChI is InChI=1S/C27H31FN2O2S/c1-20-4-12-27(13-5-20)33(31,32)30(25-10-8-24(28)9-11-25)26-14-16-29(17-15-26)19-23-7-6-21(2)22(3)18-23/h4-13,18,26H,14-17,19H2,1-3H3. The molecule has 0 radical (unpaired) electrons. The molecule has 0 amide bonds. The van der Waals surface area contributed by atoms with Gasteiger partial charge in [0.1, 0.15) is 5.82 Å². The van der Waals surface area contributed by atoms with Crippen LogP contribution in [0.1, 0.15) is 35.1 Å². The third-order valence-electron chi connectivity index (χ3n) is 6.53. The number of piperidine rings is 1. The van der Waals surface area contributed by atoms with E-state index in [1.165, 1.54) is 33.1 Å². The minimum atomic E-state index is -3.78. The van der Waals surface area contributed by atoms with Crippen LogP contribution in [0, 0.1) is 26.6 Å². The maximum atomic E-state index is 13.7. The number of benzene rings is 3. The van der Waals surface area contributed by atoms with Crippen molar-refractivity contribution in [1.29, 1.82) is 0 Å². The zero-order valence-corrected chi connectivity index (χ0v) is 20.3. The number of hydrogen-bond donors (Lipinski definition) is 0. The second kappa shape index (κ2) is 9.65. The largest absolute Gasteiger partial charge is 0.299 e. The fourth-order valence-corrected chi connectivity index (χ4v) is 6.14. The molecule has 1 fully saturated rings. The molecular formula is C27H31FN2O2S. The third-order valence-corrected chi connectivity index (χ3v) is 8.42. The second-order valence-corrected chi connectivity index (χ2v) is 10.8. The van der Waals surface area contributed by atoms with E-state index < -0.39 is 10.0 Å². The lowest BCUT2D eigenvalue weighted by Crippen LogP contribution is -2.47. The molecule has 1 aliphatic rings. The summed E-state index contributed by atoms with van der Waals surface area (Å²) in [6.07, 6.45) is 1.43. The van der Waals surface area contributed by atoms with Gasteiger partial charge in [0.25, 0.3) is 10.0 Å². The highest BCUT2D eigenvalue weighted by Crippen LogP contribution is 2.31. The van der Waals surface area contributed by atoms with Crippen LogP contribution in [-0.2, 0) is 16.6 Å². The Labute approximate surface area is 196 Å². The van der Waals surface area contributed by atoms with Crippen LogP contribution in [0.25, 0.3) is 0 Å². The number of rotatable bonds is 6. The third kappa shape index (κ3) is 5.28. The molecule has 4 nitrogen and oxygen atoms in total. The van der Waals surface area contributed by atoms with E-state index in [9.17, 15) is 12.8 Å². The number of halogens is 1. The van der Waals surface area contributed by atoms with E-state index in [1.807, 2.05) is 19.1 Å². The molecule has 3 aromatic carbocycles. The second-order valence-electron chi connectivity index (χ2n) is 9.02. The number of hydrogen-bond acceptors (Lipinski definition) is 3. The quantitative estimate of drug-likeness (QED) is 0.474. The molecule has 0 saturated carbocycles. The average Bonchev–Trinajstić information content (AvgIpc) is 2.79. The molecule has 1 saturated heterocycles. The zero-order chi connectivity index (χ0) is 23.6. The lowest BCUT2D eigenvalue weighted by atomic mass is 10.0. The number of nitrogens with zero attached hydrogens (tertiary/aromatic N) is 2. The summed E-state index contributed by atoms with van der Waals surface area (Å²) in [5.74, 6) is -0.380. The maximum Gasteiger partial charge on any atom is 0.264 e. The Balaban J connectivity index is 1.56. The first-order chi connectivity index (χ1) is 15.7. The summed E-state index contributed by atoms with van der Waals surface area (Å²) >= 11 is 0. The molecule has 0 aliphatic carbocycles.